The van der Waals surface area contributed by atoms with Crippen LogP contribution in [0.2, 0.25) is 5.02 Å². The van der Waals surface area contributed by atoms with Crippen LogP contribution in [-0.4, -0.2) is 39.2 Å². The second kappa shape index (κ2) is 7.80. The standard InChI is InChI=1S/C24H26ClN3O2/c1-16-5-7-18(8-6-16)28-21(15-19-20(25)9-12-26-22(19)28)17-10-13-27(14-11-17)23(29)30-24(2,3)4/h5-10,12,15H,11,13-14H2,1-4H3. The van der Waals surface area contributed by atoms with Gasteiger partial charge in [-0.15, -0.1) is 0 Å². The summed E-state index contributed by atoms with van der Waals surface area (Å²) in [4.78, 5) is 18.7. The first kappa shape index (κ1) is 20.5. The number of halogens is 1. The number of amides is 1. The third kappa shape index (κ3) is 4.08. The SMILES string of the molecule is Cc1ccc(-n2c(C3=CCN(C(=O)OC(C)(C)C)CC3)cc3c(Cl)ccnc32)cc1. The molecule has 2 aromatic heterocycles. The van der Waals surface area contributed by atoms with Gasteiger partial charge in [0.05, 0.1) is 10.7 Å². The fraction of sp³-hybridized carbons (Fsp3) is 0.333. The summed E-state index contributed by atoms with van der Waals surface area (Å²) in [6.45, 7) is 8.84. The highest BCUT2D eigenvalue weighted by atomic mass is 35.5. The van der Waals surface area contributed by atoms with Gasteiger partial charge in [0.1, 0.15) is 11.2 Å². The van der Waals surface area contributed by atoms with E-state index >= 15 is 0 Å². The van der Waals surface area contributed by atoms with Gasteiger partial charge < -0.3 is 9.64 Å². The molecular formula is C24H26ClN3O2. The van der Waals surface area contributed by atoms with E-state index < -0.39 is 5.60 Å². The summed E-state index contributed by atoms with van der Waals surface area (Å²) in [7, 11) is 0. The molecule has 0 saturated carbocycles. The van der Waals surface area contributed by atoms with Crippen molar-refractivity contribution >= 4 is 34.3 Å². The zero-order valence-electron chi connectivity index (χ0n) is 17.8. The number of carbonyl (C=O) groups excluding carboxylic acids is 1. The smallest absolute Gasteiger partial charge is 0.410 e. The first-order chi connectivity index (χ1) is 14.2. The zero-order valence-corrected chi connectivity index (χ0v) is 18.5. The highest BCUT2D eigenvalue weighted by Crippen LogP contribution is 2.34. The summed E-state index contributed by atoms with van der Waals surface area (Å²) in [5.74, 6) is 0. The fourth-order valence-electron chi connectivity index (χ4n) is 3.65. The van der Waals surface area contributed by atoms with E-state index in [0.29, 0.717) is 18.1 Å². The van der Waals surface area contributed by atoms with Crippen LogP contribution >= 0.6 is 11.6 Å². The molecule has 0 unspecified atom stereocenters. The maximum absolute atomic E-state index is 12.4. The van der Waals surface area contributed by atoms with E-state index in [1.807, 2.05) is 26.8 Å². The molecule has 3 heterocycles. The van der Waals surface area contributed by atoms with Gasteiger partial charge in [-0.3, -0.25) is 4.57 Å². The van der Waals surface area contributed by atoms with Gasteiger partial charge in [-0.2, -0.15) is 0 Å². The van der Waals surface area contributed by atoms with Crippen LogP contribution < -0.4 is 0 Å². The van der Waals surface area contributed by atoms with Gasteiger partial charge >= 0.3 is 6.09 Å². The second-order valence-electron chi connectivity index (χ2n) is 8.64. The molecule has 0 radical (unpaired) electrons. The molecular weight excluding hydrogens is 398 g/mol. The number of rotatable bonds is 2. The molecule has 3 aromatic rings. The van der Waals surface area contributed by atoms with E-state index in [0.717, 1.165) is 28.8 Å². The molecule has 0 fully saturated rings. The van der Waals surface area contributed by atoms with Crippen molar-refractivity contribution in [1.29, 1.82) is 0 Å². The number of aromatic nitrogens is 2. The van der Waals surface area contributed by atoms with E-state index in [2.05, 4.69) is 52.9 Å². The van der Waals surface area contributed by atoms with Crippen LogP contribution in [0, 0.1) is 6.92 Å². The molecule has 0 spiro atoms. The van der Waals surface area contributed by atoms with Crippen molar-refractivity contribution in [2.45, 2.75) is 39.7 Å². The summed E-state index contributed by atoms with van der Waals surface area (Å²) >= 11 is 6.48. The summed E-state index contributed by atoms with van der Waals surface area (Å²) in [5.41, 5.74) is 4.80. The van der Waals surface area contributed by atoms with Crippen molar-refractivity contribution < 1.29 is 9.53 Å². The maximum atomic E-state index is 12.4. The minimum atomic E-state index is -0.499. The van der Waals surface area contributed by atoms with E-state index in [1.165, 1.54) is 11.1 Å². The van der Waals surface area contributed by atoms with Crippen molar-refractivity contribution in [3.8, 4) is 5.69 Å². The van der Waals surface area contributed by atoms with Gasteiger partial charge in [-0.1, -0.05) is 35.4 Å². The van der Waals surface area contributed by atoms with E-state index in [4.69, 9.17) is 16.3 Å². The lowest BCUT2D eigenvalue weighted by Crippen LogP contribution is -2.39. The summed E-state index contributed by atoms with van der Waals surface area (Å²) in [5, 5.41) is 1.60. The lowest BCUT2D eigenvalue weighted by atomic mass is 10.0. The molecule has 0 aliphatic carbocycles. The third-order valence-corrected chi connectivity index (χ3v) is 5.46. The van der Waals surface area contributed by atoms with Crippen LogP contribution in [0.3, 0.4) is 0 Å². The molecule has 6 heteroatoms. The van der Waals surface area contributed by atoms with Gasteiger partial charge in [0, 0.05) is 30.4 Å². The Balaban J connectivity index is 1.73. The molecule has 0 bridgehead atoms. The second-order valence-corrected chi connectivity index (χ2v) is 9.04. The molecule has 1 amide bonds. The number of aryl methyl sites for hydroxylation is 1. The fourth-order valence-corrected chi connectivity index (χ4v) is 3.85. The lowest BCUT2D eigenvalue weighted by molar-refractivity contribution is 0.0270. The molecule has 1 aliphatic heterocycles. The average Bonchev–Trinajstić information content (AvgIpc) is 3.08. The van der Waals surface area contributed by atoms with Gasteiger partial charge in [0.2, 0.25) is 0 Å². The quantitative estimate of drug-likeness (QED) is 0.507. The predicted molar refractivity (Wildman–Crippen MR) is 121 cm³/mol. The van der Waals surface area contributed by atoms with Crippen molar-refractivity contribution in [3.05, 3.63) is 65.0 Å². The Morgan fingerprint density at radius 3 is 2.53 bits per heavy atom. The summed E-state index contributed by atoms with van der Waals surface area (Å²) in [6, 6.07) is 12.3. The van der Waals surface area contributed by atoms with Gasteiger partial charge in [-0.25, -0.2) is 9.78 Å². The number of carbonyl (C=O) groups is 1. The Bertz CT molecular complexity index is 1120. The minimum absolute atomic E-state index is 0.276. The van der Waals surface area contributed by atoms with Crippen LogP contribution in [0.25, 0.3) is 22.3 Å². The van der Waals surface area contributed by atoms with Crippen molar-refractivity contribution in [2.24, 2.45) is 0 Å². The van der Waals surface area contributed by atoms with Gasteiger partial charge in [0.15, 0.2) is 0 Å². The Hall–Kier alpha value is -2.79. The Kier molecular flexibility index (Phi) is 5.33. The van der Waals surface area contributed by atoms with Crippen LogP contribution in [-0.2, 0) is 4.74 Å². The molecule has 4 rings (SSSR count). The zero-order chi connectivity index (χ0) is 21.5. The van der Waals surface area contributed by atoms with Crippen molar-refractivity contribution in [3.63, 3.8) is 0 Å². The Morgan fingerprint density at radius 2 is 1.90 bits per heavy atom. The third-order valence-electron chi connectivity index (χ3n) is 5.13. The van der Waals surface area contributed by atoms with Crippen LogP contribution in [0.5, 0.6) is 0 Å². The van der Waals surface area contributed by atoms with Crippen LogP contribution in [0.4, 0.5) is 4.79 Å². The number of hydrogen-bond donors (Lipinski definition) is 0. The molecule has 0 atom stereocenters. The predicted octanol–water partition coefficient (Wildman–Crippen LogP) is 6.01. The number of hydrogen-bond acceptors (Lipinski definition) is 3. The molecule has 156 valence electrons. The molecule has 0 N–H and O–H groups in total. The van der Waals surface area contributed by atoms with E-state index in [9.17, 15) is 4.79 Å². The minimum Gasteiger partial charge on any atom is -0.444 e. The number of benzene rings is 1. The normalized spacial score (nSPS) is 14.7. The van der Waals surface area contributed by atoms with Crippen LogP contribution in [0.1, 0.15) is 38.4 Å². The molecule has 1 aromatic carbocycles. The van der Waals surface area contributed by atoms with E-state index in [-0.39, 0.29) is 6.09 Å². The van der Waals surface area contributed by atoms with Crippen molar-refractivity contribution in [2.75, 3.05) is 13.1 Å². The Morgan fingerprint density at radius 1 is 1.17 bits per heavy atom. The number of fused-ring (bicyclic) bond motifs is 1. The highest BCUT2D eigenvalue weighted by molar-refractivity contribution is 6.35. The van der Waals surface area contributed by atoms with E-state index in [1.54, 1.807) is 11.1 Å². The average molecular weight is 424 g/mol. The monoisotopic (exact) mass is 423 g/mol. The highest BCUT2D eigenvalue weighted by Gasteiger charge is 2.25. The topological polar surface area (TPSA) is 47.4 Å². The van der Waals surface area contributed by atoms with Crippen LogP contribution in [0.15, 0.2) is 48.7 Å². The summed E-state index contributed by atoms with van der Waals surface area (Å²) < 4.78 is 7.66. The molecule has 1 aliphatic rings. The number of pyridine rings is 1. The van der Waals surface area contributed by atoms with Gasteiger partial charge in [-0.05, 0) is 64.0 Å². The number of nitrogens with zero attached hydrogens (tertiary/aromatic N) is 3. The largest absolute Gasteiger partial charge is 0.444 e. The Labute approximate surface area is 181 Å². The molecule has 0 saturated heterocycles. The van der Waals surface area contributed by atoms with Gasteiger partial charge in [0.25, 0.3) is 0 Å². The first-order valence-corrected chi connectivity index (χ1v) is 10.5. The number of ether oxygens (including phenoxy) is 1. The van der Waals surface area contributed by atoms with Crippen molar-refractivity contribution in [1.82, 2.24) is 14.5 Å². The molecule has 30 heavy (non-hydrogen) atoms. The summed E-state index contributed by atoms with van der Waals surface area (Å²) in [6.07, 6.45) is 4.29. The molecule has 5 nitrogen and oxygen atoms in total. The first-order valence-electron chi connectivity index (χ1n) is 10.1. The lowest BCUT2D eigenvalue weighted by Gasteiger charge is -2.29. The maximum Gasteiger partial charge on any atom is 0.410 e.